The lowest BCUT2D eigenvalue weighted by molar-refractivity contribution is 0.552. The van der Waals surface area contributed by atoms with Crippen molar-refractivity contribution < 1.29 is 8.78 Å². The average molecular weight is 352 g/mol. The van der Waals surface area contributed by atoms with E-state index in [1.165, 1.54) is 23.1 Å². The molecule has 2 aromatic carbocycles. The highest BCUT2D eigenvalue weighted by molar-refractivity contribution is 6.33. The fourth-order valence-electron chi connectivity index (χ4n) is 2.29. The Morgan fingerprint density at radius 3 is 2.38 bits per heavy atom. The maximum Gasteiger partial charge on any atom is 0.149 e. The van der Waals surface area contributed by atoms with Gasteiger partial charge in [-0.1, -0.05) is 17.7 Å². The van der Waals surface area contributed by atoms with Gasteiger partial charge >= 0.3 is 0 Å². The summed E-state index contributed by atoms with van der Waals surface area (Å²) in [4.78, 5) is 7.72. The first-order chi connectivity index (χ1) is 11.3. The van der Waals surface area contributed by atoms with Crippen molar-refractivity contribution in [3.63, 3.8) is 0 Å². The summed E-state index contributed by atoms with van der Waals surface area (Å²) in [7, 11) is 3.52. The van der Waals surface area contributed by atoms with Crippen LogP contribution in [-0.4, -0.2) is 31.9 Å². The third kappa shape index (κ3) is 3.85. The van der Waals surface area contributed by atoms with E-state index in [1.54, 1.807) is 25.5 Å². The lowest BCUT2D eigenvalue weighted by Crippen LogP contribution is -2.15. The third-order valence-electron chi connectivity index (χ3n) is 3.79. The van der Waals surface area contributed by atoms with Crippen LogP contribution in [0.2, 0.25) is 5.02 Å². The van der Waals surface area contributed by atoms with Crippen LogP contribution >= 0.6 is 11.6 Å². The topological polar surface area (TPSA) is 18.8 Å². The van der Waals surface area contributed by atoms with Crippen LogP contribution in [0.5, 0.6) is 0 Å². The Kier molecular flexibility index (Phi) is 5.78. The number of aliphatic imine (C=N–C) groups is 1. The predicted molar refractivity (Wildman–Crippen MR) is 97.1 cm³/mol. The van der Waals surface area contributed by atoms with Crippen molar-refractivity contribution in [3.8, 4) is 0 Å². The summed E-state index contributed by atoms with van der Waals surface area (Å²) in [5.41, 5.74) is 1.93. The summed E-state index contributed by atoms with van der Waals surface area (Å²) in [5, 5.41) is 0.417. The minimum absolute atomic E-state index is 0.112. The summed E-state index contributed by atoms with van der Waals surface area (Å²) in [6.45, 7) is 4.69. The number of para-hydroxylation sites is 1. The van der Waals surface area contributed by atoms with E-state index in [-0.39, 0.29) is 5.69 Å². The van der Waals surface area contributed by atoms with Gasteiger partial charge in [-0.2, -0.15) is 0 Å². The molecule has 0 unspecified atom stereocenters. The van der Waals surface area contributed by atoms with E-state index in [0.717, 1.165) is 12.1 Å². The standard InChI is InChI=1S/C18H20ClF2N3/c1-5-23(3)11-22-16-9-12(2)17(10-13(16)19)24(4)18-14(20)7-6-8-15(18)21/h6-11H,5H2,1-4H3. The van der Waals surface area contributed by atoms with Crippen molar-refractivity contribution in [1.82, 2.24) is 4.90 Å². The predicted octanol–water partition coefficient (Wildman–Crippen LogP) is 5.31. The van der Waals surface area contributed by atoms with E-state index < -0.39 is 11.6 Å². The maximum absolute atomic E-state index is 14.0. The first-order valence-corrected chi connectivity index (χ1v) is 7.95. The molecule has 0 amide bonds. The monoisotopic (exact) mass is 351 g/mol. The molecule has 24 heavy (non-hydrogen) atoms. The van der Waals surface area contributed by atoms with Crippen LogP contribution in [-0.2, 0) is 0 Å². The quantitative estimate of drug-likeness (QED) is 0.537. The van der Waals surface area contributed by atoms with E-state index in [0.29, 0.717) is 16.4 Å². The zero-order chi connectivity index (χ0) is 17.9. The van der Waals surface area contributed by atoms with E-state index in [1.807, 2.05) is 25.8 Å². The van der Waals surface area contributed by atoms with Crippen LogP contribution in [0.15, 0.2) is 35.3 Å². The van der Waals surface area contributed by atoms with E-state index in [4.69, 9.17) is 11.6 Å². The van der Waals surface area contributed by atoms with Crippen molar-refractivity contribution in [3.05, 3.63) is 52.6 Å². The molecule has 3 nitrogen and oxygen atoms in total. The summed E-state index contributed by atoms with van der Waals surface area (Å²) >= 11 is 6.29. The Hall–Kier alpha value is -2.14. The molecule has 128 valence electrons. The molecule has 0 saturated heterocycles. The normalized spacial score (nSPS) is 11.1. The lowest BCUT2D eigenvalue weighted by atomic mass is 10.1. The largest absolute Gasteiger partial charge is 0.366 e. The second-order valence-electron chi connectivity index (χ2n) is 5.54. The van der Waals surface area contributed by atoms with Gasteiger partial charge in [0.1, 0.15) is 17.3 Å². The van der Waals surface area contributed by atoms with Gasteiger partial charge in [-0.3, -0.25) is 0 Å². The van der Waals surface area contributed by atoms with E-state index in [9.17, 15) is 8.78 Å². The minimum Gasteiger partial charge on any atom is -0.366 e. The van der Waals surface area contributed by atoms with Gasteiger partial charge in [-0.15, -0.1) is 0 Å². The summed E-state index contributed by atoms with van der Waals surface area (Å²) in [6, 6.07) is 7.26. The van der Waals surface area contributed by atoms with Crippen LogP contribution in [0.4, 0.5) is 25.8 Å². The van der Waals surface area contributed by atoms with E-state index in [2.05, 4.69) is 4.99 Å². The molecule has 2 rings (SSSR count). The number of hydrogen-bond donors (Lipinski definition) is 0. The molecule has 0 aromatic heterocycles. The van der Waals surface area contributed by atoms with Gasteiger partial charge in [0.25, 0.3) is 0 Å². The highest BCUT2D eigenvalue weighted by atomic mass is 35.5. The fourth-order valence-corrected chi connectivity index (χ4v) is 2.50. The first kappa shape index (κ1) is 18.2. The zero-order valence-electron chi connectivity index (χ0n) is 14.1. The number of halogens is 3. The molecule has 6 heteroatoms. The van der Waals surface area contributed by atoms with Gasteiger partial charge in [-0.25, -0.2) is 13.8 Å². The van der Waals surface area contributed by atoms with Crippen LogP contribution in [0.25, 0.3) is 0 Å². The minimum atomic E-state index is -0.625. The van der Waals surface area contributed by atoms with Crippen molar-refractivity contribution in [2.75, 3.05) is 25.5 Å². The summed E-state index contributed by atoms with van der Waals surface area (Å²) < 4.78 is 28.0. The number of anilines is 2. The molecule has 0 aliphatic carbocycles. The molecule has 0 atom stereocenters. The Balaban J connectivity index is 2.42. The molecule has 0 fully saturated rings. The average Bonchev–Trinajstić information content (AvgIpc) is 2.54. The Morgan fingerprint density at radius 1 is 1.17 bits per heavy atom. The second-order valence-corrected chi connectivity index (χ2v) is 5.94. The van der Waals surface area contributed by atoms with Crippen LogP contribution < -0.4 is 4.90 Å². The molecule has 0 aliphatic heterocycles. The smallest absolute Gasteiger partial charge is 0.149 e. The summed E-state index contributed by atoms with van der Waals surface area (Å²) in [5.74, 6) is -1.25. The molecule has 0 spiro atoms. The van der Waals surface area contributed by atoms with Crippen molar-refractivity contribution in [2.24, 2.45) is 4.99 Å². The number of nitrogens with zero attached hydrogens (tertiary/aromatic N) is 3. The van der Waals surface area contributed by atoms with Crippen molar-refractivity contribution >= 4 is 35.0 Å². The van der Waals surface area contributed by atoms with E-state index >= 15 is 0 Å². The van der Waals surface area contributed by atoms with Gasteiger partial charge in [0.2, 0.25) is 0 Å². The van der Waals surface area contributed by atoms with Gasteiger partial charge in [0.15, 0.2) is 0 Å². The van der Waals surface area contributed by atoms with Crippen molar-refractivity contribution in [1.29, 1.82) is 0 Å². The molecule has 2 aromatic rings. The summed E-state index contributed by atoms with van der Waals surface area (Å²) in [6.07, 6.45) is 1.70. The Morgan fingerprint density at radius 2 is 1.79 bits per heavy atom. The van der Waals surface area contributed by atoms with Gasteiger partial charge < -0.3 is 9.80 Å². The van der Waals surface area contributed by atoms with Crippen LogP contribution in [0.1, 0.15) is 12.5 Å². The maximum atomic E-state index is 14.0. The lowest BCUT2D eigenvalue weighted by Gasteiger charge is -2.23. The highest BCUT2D eigenvalue weighted by Gasteiger charge is 2.17. The molecule has 0 saturated carbocycles. The molecular weight excluding hydrogens is 332 g/mol. The van der Waals surface area contributed by atoms with Gasteiger partial charge in [0.05, 0.1) is 17.0 Å². The SMILES string of the molecule is CCN(C)C=Nc1cc(C)c(N(C)c2c(F)cccc2F)cc1Cl. The molecule has 0 heterocycles. The zero-order valence-corrected chi connectivity index (χ0v) is 14.9. The number of hydrogen-bond acceptors (Lipinski definition) is 2. The van der Waals surface area contributed by atoms with Gasteiger partial charge in [-0.05, 0) is 43.7 Å². The molecular formula is C18H20ClF2N3. The molecule has 0 N–H and O–H groups in total. The molecule has 0 radical (unpaired) electrons. The van der Waals surface area contributed by atoms with Gasteiger partial charge in [0, 0.05) is 26.3 Å². The van der Waals surface area contributed by atoms with Crippen LogP contribution in [0, 0.1) is 18.6 Å². The second kappa shape index (κ2) is 7.62. The number of benzene rings is 2. The number of rotatable bonds is 5. The van der Waals surface area contributed by atoms with Crippen LogP contribution in [0.3, 0.4) is 0 Å². The number of aryl methyl sites for hydroxylation is 1. The fraction of sp³-hybridized carbons (Fsp3) is 0.278. The molecule has 0 aliphatic rings. The third-order valence-corrected chi connectivity index (χ3v) is 4.10. The molecule has 0 bridgehead atoms. The first-order valence-electron chi connectivity index (χ1n) is 7.57. The highest BCUT2D eigenvalue weighted by Crippen LogP contribution is 2.36. The Bertz CT molecular complexity index is 742. The van der Waals surface area contributed by atoms with Crippen molar-refractivity contribution in [2.45, 2.75) is 13.8 Å². The Labute approximate surface area is 146 Å².